The lowest BCUT2D eigenvalue weighted by Crippen LogP contribution is -2.50. The number of anilines is 1. The molecule has 2 aromatic rings. The Kier molecular flexibility index (Phi) is 6.31. The van der Waals surface area contributed by atoms with Crippen LogP contribution in [0.4, 0.5) is 10.1 Å². The number of aryl methyl sites for hydroxylation is 1. The predicted molar refractivity (Wildman–Crippen MR) is 107 cm³/mol. The minimum absolute atomic E-state index is 0.162. The molecule has 1 saturated heterocycles. The number of hydrogen-bond acceptors (Lipinski definition) is 4. The molecule has 150 valence electrons. The monoisotopic (exact) mass is 405 g/mol. The van der Waals surface area contributed by atoms with Crippen molar-refractivity contribution in [1.82, 2.24) is 9.62 Å². The van der Waals surface area contributed by atoms with Crippen molar-refractivity contribution >= 4 is 21.6 Å². The molecule has 0 aromatic heterocycles. The van der Waals surface area contributed by atoms with E-state index < -0.39 is 21.7 Å². The van der Waals surface area contributed by atoms with E-state index in [1.54, 1.807) is 12.1 Å². The molecule has 28 heavy (non-hydrogen) atoms. The fourth-order valence-corrected chi connectivity index (χ4v) is 4.50. The zero-order valence-electron chi connectivity index (χ0n) is 15.8. The van der Waals surface area contributed by atoms with Crippen LogP contribution in [0.2, 0.25) is 0 Å². The maximum atomic E-state index is 12.9. The largest absolute Gasteiger partial charge is 0.369 e. The maximum absolute atomic E-state index is 12.9. The van der Waals surface area contributed by atoms with E-state index in [2.05, 4.69) is 16.3 Å². The highest BCUT2D eigenvalue weighted by Gasteiger charge is 2.29. The first-order chi connectivity index (χ1) is 13.3. The van der Waals surface area contributed by atoms with Gasteiger partial charge in [0, 0.05) is 38.4 Å². The molecule has 0 unspecified atom stereocenters. The summed E-state index contributed by atoms with van der Waals surface area (Å²) >= 11 is 0. The van der Waals surface area contributed by atoms with Crippen molar-refractivity contribution in [3.8, 4) is 0 Å². The molecule has 8 heteroatoms. The fourth-order valence-electron chi connectivity index (χ4n) is 3.16. The van der Waals surface area contributed by atoms with Gasteiger partial charge in [-0.05, 0) is 42.3 Å². The lowest BCUT2D eigenvalue weighted by atomic mass is 10.2. The van der Waals surface area contributed by atoms with Gasteiger partial charge in [-0.25, -0.2) is 12.8 Å². The van der Waals surface area contributed by atoms with E-state index in [9.17, 15) is 17.6 Å². The highest BCUT2D eigenvalue weighted by molar-refractivity contribution is 7.89. The lowest BCUT2D eigenvalue weighted by Gasteiger charge is -2.35. The molecule has 1 fully saturated rings. The minimum atomic E-state index is -3.67. The molecule has 0 aliphatic carbocycles. The van der Waals surface area contributed by atoms with E-state index in [0.717, 1.165) is 11.3 Å². The van der Waals surface area contributed by atoms with Gasteiger partial charge >= 0.3 is 0 Å². The molecule has 1 aliphatic rings. The first-order valence-electron chi connectivity index (χ1n) is 9.14. The number of rotatable bonds is 6. The van der Waals surface area contributed by atoms with Crippen molar-refractivity contribution in [2.45, 2.75) is 13.5 Å². The van der Waals surface area contributed by atoms with Gasteiger partial charge in [0.05, 0.1) is 0 Å². The molecule has 1 amide bonds. The van der Waals surface area contributed by atoms with E-state index in [1.807, 2.05) is 25.1 Å². The van der Waals surface area contributed by atoms with Gasteiger partial charge in [-0.1, -0.05) is 24.3 Å². The Labute approximate surface area is 165 Å². The number of sulfonamides is 1. The van der Waals surface area contributed by atoms with Crippen LogP contribution >= 0.6 is 0 Å². The first-order valence-corrected chi connectivity index (χ1v) is 10.7. The molecule has 0 spiro atoms. The Morgan fingerprint density at radius 1 is 1.07 bits per heavy atom. The number of carbonyl (C=O) groups excluding carboxylic acids is 1. The van der Waals surface area contributed by atoms with Crippen molar-refractivity contribution in [2.24, 2.45) is 0 Å². The van der Waals surface area contributed by atoms with Gasteiger partial charge in [0.1, 0.15) is 11.6 Å². The van der Waals surface area contributed by atoms with Gasteiger partial charge in [-0.3, -0.25) is 4.79 Å². The van der Waals surface area contributed by atoms with Crippen LogP contribution in [0.3, 0.4) is 0 Å². The van der Waals surface area contributed by atoms with Crippen LogP contribution in [0.25, 0.3) is 0 Å². The summed E-state index contributed by atoms with van der Waals surface area (Å²) in [7, 11) is -3.67. The van der Waals surface area contributed by atoms with Gasteiger partial charge in [0.25, 0.3) is 0 Å². The number of nitrogens with zero attached hydrogens (tertiary/aromatic N) is 2. The van der Waals surface area contributed by atoms with Crippen molar-refractivity contribution in [3.63, 3.8) is 0 Å². The normalized spacial score (nSPS) is 15.4. The first kappa shape index (κ1) is 20.3. The van der Waals surface area contributed by atoms with Crippen molar-refractivity contribution in [2.75, 3.05) is 36.8 Å². The van der Waals surface area contributed by atoms with Crippen LogP contribution < -0.4 is 10.2 Å². The van der Waals surface area contributed by atoms with Crippen molar-refractivity contribution in [1.29, 1.82) is 0 Å². The summed E-state index contributed by atoms with van der Waals surface area (Å²) in [6.07, 6.45) is 0. The molecule has 1 N–H and O–H groups in total. The van der Waals surface area contributed by atoms with E-state index in [0.29, 0.717) is 31.7 Å². The Morgan fingerprint density at radius 3 is 2.39 bits per heavy atom. The van der Waals surface area contributed by atoms with Crippen LogP contribution in [-0.2, 0) is 21.4 Å². The van der Waals surface area contributed by atoms with Crippen LogP contribution in [-0.4, -0.2) is 50.6 Å². The summed E-state index contributed by atoms with van der Waals surface area (Å²) in [5.74, 6) is -1.51. The molecule has 0 radical (unpaired) electrons. The Bertz CT molecular complexity index is 924. The molecular formula is C20H24FN3O3S. The second-order valence-electron chi connectivity index (χ2n) is 6.88. The number of benzene rings is 2. The van der Waals surface area contributed by atoms with Gasteiger partial charge < -0.3 is 10.2 Å². The predicted octanol–water partition coefficient (Wildman–Crippen LogP) is 1.90. The molecule has 0 atom stereocenters. The second kappa shape index (κ2) is 8.70. The smallest absolute Gasteiger partial charge is 0.236 e. The summed E-state index contributed by atoms with van der Waals surface area (Å²) in [6, 6.07) is 13.8. The second-order valence-corrected chi connectivity index (χ2v) is 8.85. The Hall–Kier alpha value is -2.45. The van der Waals surface area contributed by atoms with E-state index in [4.69, 9.17) is 0 Å². The third-order valence-electron chi connectivity index (χ3n) is 4.72. The van der Waals surface area contributed by atoms with Crippen LogP contribution in [0.5, 0.6) is 0 Å². The molecule has 0 bridgehead atoms. The van der Waals surface area contributed by atoms with Gasteiger partial charge in [-0.15, -0.1) is 0 Å². The molecule has 6 nitrogen and oxygen atoms in total. The number of piperazine rings is 1. The van der Waals surface area contributed by atoms with Crippen molar-refractivity contribution in [3.05, 3.63) is 65.5 Å². The molecular weight excluding hydrogens is 381 g/mol. The molecule has 2 aromatic carbocycles. The maximum Gasteiger partial charge on any atom is 0.236 e. The van der Waals surface area contributed by atoms with Crippen LogP contribution in [0.1, 0.15) is 11.1 Å². The third-order valence-corrected chi connectivity index (χ3v) is 6.49. The fraction of sp³-hybridized carbons (Fsp3) is 0.350. The lowest BCUT2D eigenvalue weighted by molar-refractivity contribution is -0.118. The minimum Gasteiger partial charge on any atom is -0.369 e. The van der Waals surface area contributed by atoms with Gasteiger partial charge in [0.2, 0.25) is 15.9 Å². The molecule has 0 saturated carbocycles. The summed E-state index contributed by atoms with van der Waals surface area (Å²) in [4.78, 5) is 14.2. The highest BCUT2D eigenvalue weighted by Crippen LogP contribution is 2.19. The van der Waals surface area contributed by atoms with Gasteiger partial charge in [0.15, 0.2) is 0 Å². The third kappa shape index (κ3) is 5.30. The zero-order valence-corrected chi connectivity index (χ0v) is 16.6. The highest BCUT2D eigenvalue weighted by atomic mass is 32.2. The average molecular weight is 405 g/mol. The number of nitrogens with one attached hydrogen (secondary N) is 1. The SMILES string of the molecule is Cc1cccc(N2CCN(S(=O)(=O)CC(=O)NCc3ccc(F)cc3)CC2)c1. The quantitative estimate of drug-likeness (QED) is 0.797. The topological polar surface area (TPSA) is 69.7 Å². The zero-order chi connectivity index (χ0) is 20.1. The molecule has 1 heterocycles. The van der Waals surface area contributed by atoms with Crippen molar-refractivity contribution < 1.29 is 17.6 Å². The van der Waals surface area contributed by atoms with E-state index in [-0.39, 0.29) is 12.4 Å². The summed E-state index contributed by atoms with van der Waals surface area (Å²) in [5.41, 5.74) is 2.94. The Morgan fingerprint density at radius 2 is 1.75 bits per heavy atom. The number of carbonyl (C=O) groups is 1. The summed E-state index contributed by atoms with van der Waals surface area (Å²) in [6.45, 7) is 4.05. The summed E-state index contributed by atoms with van der Waals surface area (Å²) < 4.78 is 39.4. The van der Waals surface area contributed by atoms with Gasteiger partial charge in [-0.2, -0.15) is 4.31 Å². The number of amides is 1. The van der Waals surface area contributed by atoms with Crippen LogP contribution in [0.15, 0.2) is 48.5 Å². The van der Waals surface area contributed by atoms with Crippen LogP contribution in [0, 0.1) is 12.7 Å². The Balaban J connectivity index is 1.50. The van der Waals surface area contributed by atoms with E-state index in [1.165, 1.54) is 16.4 Å². The number of hydrogen-bond donors (Lipinski definition) is 1. The average Bonchev–Trinajstić information content (AvgIpc) is 2.67. The molecule has 3 rings (SSSR count). The number of halogens is 1. The van der Waals surface area contributed by atoms with E-state index >= 15 is 0 Å². The standard InChI is InChI=1S/C20H24FN3O3S/c1-16-3-2-4-19(13-16)23-9-11-24(12-10-23)28(26,27)15-20(25)22-14-17-5-7-18(21)8-6-17/h2-8,13H,9-12,14-15H2,1H3,(H,22,25). The molecule has 1 aliphatic heterocycles. The summed E-state index contributed by atoms with van der Waals surface area (Å²) in [5, 5.41) is 2.58.